The summed E-state index contributed by atoms with van der Waals surface area (Å²) in [5, 5.41) is 3.70. The lowest BCUT2D eigenvalue weighted by molar-refractivity contribution is -0.113. The van der Waals surface area contributed by atoms with Crippen molar-refractivity contribution in [2.75, 3.05) is 11.1 Å². The molecule has 0 unspecified atom stereocenters. The number of carbonyl (C=O) groups excluding carboxylic acids is 1. The van der Waals surface area contributed by atoms with E-state index in [1.54, 1.807) is 37.3 Å². The zero-order chi connectivity index (χ0) is 14.5. The minimum atomic E-state index is -0.418. The molecule has 0 bridgehead atoms. The molecule has 0 spiro atoms. The van der Waals surface area contributed by atoms with E-state index in [4.69, 9.17) is 11.6 Å². The van der Waals surface area contributed by atoms with Crippen LogP contribution in [0.25, 0.3) is 0 Å². The first-order valence-electron chi connectivity index (χ1n) is 5.80. The van der Waals surface area contributed by atoms with Crippen LogP contribution < -0.4 is 11.0 Å². The van der Waals surface area contributed by atoms with Gasteiger partial charge in [0.15, 0.2) is 0 Å². The Balaban J connectivity index is 1.96. The van der Waals surface area contributed by atoms with Gasteiger partial charge in [-0.3, -0.25) is 4.79 Å². The molecular weight excluding hydrogens is 298 g/mol. The lowest BCUT2D eigenvalue weighted by Gasteiger charge is -2.06. The quantitative estimate of drug-likeness (QED) is 0.672. The Morgan fingerprint density at radius 1 is 1.45 bits per heavy atom. The van der Waals surface area contributed by atoms with Crippen molar-refractivity contribution in [3.8, 4) is 0 Å². The Morgan fingerprint density at radius 2 is 2.20 bits per heavy atom. The van der Waals surface area contributed by atoms with Crippen LogP contribution in [0.15, 0.2) is 40.2 Å². The number of benzene rings is 1. The van der Waals surface area contributed by atoms with E-state index in [0.717, 1.165) is 0 Å². The number of halogens is 1. The molecule has 0 aliphatic heterocycles. The van der Waals surface area contributed by atoms with Crippen LogP contribution in [-0.2, 0) is 4.79 Å². The fraction of sp³-hybridized carbons (Fsp3) is 0.154. The molecule has 0 saturated heterocycles. The topological polar surface area (TPSA) is 74.8 Å². The van der Waals surface area contributed by atoms with Gasteiger partial charge in [0, 0.05) is 5.69 Å². The van der Waals surface area contributed by atoms with E-state index >= 15 is 0 Å². The fourth-order valence-electron chi connectivity index (χ4n) is 1.51. The van der Waals surface area contributed by atoms with Gasteiger partial charge in [-0.05, 0) is 25.1 Å². The molecule has 0 aliphatic carbocycles. The number of aryl methyl sites for hydroxylation is 1. The smallest absolute Gasteiger partial charge is 0.324 e. The number of thioether (sulfide) groups is 1. The molecule has 0 aliphatic rings. The molecule has 20 heavy (non-hydrogen) atoms. The molecule has 0 radical (unpaired) electrons. The predicted molar refractivity (Wildman–Crippen MR) is 80.4 cm³/mol. The SMILES string of the molecule is Cc1cc(SCC(=O)Nc2ccccc2Cl)nc(=O)[nH]1. The van der Waals surface area contributed by atoms with E-state index in [9.17, 15) is 9.59 Å². The number of para-hydroxylation sites is 1. The Kier molecular flexibility index (Phi) is 4.81. The highest BCUT2D eigenvalue weighted by Gasteiger charge is 2.07. The third kappa shape index (κ3) is 4.11. The minimum absolute atomic E-state index is 0.154. The summed E-state index contributed by atoms with van der Waals surface area (Å²) in [6.45, 7) is 1.76. The van der Waals surface area contributed by atoms with Gasteiger partial charge in [-0.15, -0.1) is 0 Å². The van der Waals surface area contributed by atoms with Gasteiger partial charge < -0.3 is 10.3 Å². The van der Waals surface area contributed by atoms with Gasteiger partial charge in [0.25, 0.3) is 0 Å². The summed E-state index contributed by atoms with van der Waals surface area (Å²) in [6, 6.07) is 8.72. The second kappa shape index (κ2) is 6.58. The van der Waals surface area contributed by atoms with E-state index in [0.29, 0.717) is 21.4 Å². The summed E-state index contributed by atoms with van der Waals surface area (Å²) < 4.78 is 0. The molecule has 2 N–H and O–H groups in total. The first-order valence-corrected chi connectivity index (χ1v) is 7.16. The molecule has 2 rings (SSSR count). The molecule has 1 heterocycles. The van der Waals surface area contributed by atoms with Crippen LogP contribution in [0.2, 0.25) is 5.02 Å². The van der Waals surface area contributed by atoms with Crippen molar-refractivity contribution in [1.82, 2.24) is 9.97 Å². The normalized spacial score (nSPS) is 10.3. The van der Waals surface area contributed by atoms with Crippen LogP contribution in [0.4, 0.5) is 5.69 Å². The summed E-state index contributed by atoms with van der Waals surface area (Å²) in [5.74, 6) is -0.0518. The predicted octanol–water partition coefficient (Wildman–Crippen LogP) is 2.46. The molecular formula is C13H12ClN3O2S. The van der Waals surface area contributed by atoms with E-state index in [2.05, 4.69) is 15.3 Å². The molecule has 1 aromatic heterocycles. The Morgan fingerprint density at radius 3 is 2.90 bits per heavy atom. The van der Waals surface area contributed by atoms with Crippen LogP contribution >= 0.6 is 23.4 Å². The number of nitrogens with one attached hydrogen (secondary N) is 2. The molecule has 7 heteroatoms. The summed E-state index contributed by atoms with van der Waals surface area (Å²) in [5.41, 5.74) is 0.854. The van der Waals surface area contributed by atoms with Crippen LogP contribution in [0.3, 0.4) is 0 Å². The number of nitrogens with zero attached hydrogens (tertiary/aromatic N) is 1. The molecule has 104 valence electrons. The van der Waals surface area contributed by atoms with Gasteiger partial charge in [-0.2, -0.15) is 4.98 Å². The van der Waals surface area contributed by atoms with E-state index < -0.39 is 5.69 Å². The van der Waals surface area contributed by atoms with Gasteiger partial charge in [0.05, 0.1) is 16.5 Å². The maximum absolute atomic E-state index is 11.8. The number of hydrogen-bond acceptors (Lipinski definition) is 4. The number of aromatic nitrogens is 2. The van der Waals surface area contributed by atoms with Crippen LogP contribution in [0.5, 0.6) is 0 Å². The van der Waals surface area contributed by atoms with Crippen molar-refractivity contribution in [3.05, 3.63) is 51.5 Å². The van der Waals surface area contributed by atoms with Crippen molar-refractivity contribution in [2.24, 2.45) is 0 Å². The van der Waals surface area contributed by atoms with E-state index in [1.807, 2.05) is 0 Å². The van der Waals surface area contributed by atoms with Gasteiger partial charge >= 0.3 is 5.69 Å². The number of rotatable bonds is 4. The Hall–Kier alpha value is -1.79. The van der Waals surface area contributed by atoms with Crippen molar-refractivity contribution in [2.45, 2.75) is 11.9 Å². The van der Waals surface area contributed by atoms with E-state index in [-0.39, 0.29) is 11.7 Å². The second-order valence-electron chi connectivity index (χ2n) is 4.02. The Bertz CT molecular complexity index is 687. The largest absolute Gasteiger partial charge is 0.346 e. The van der Waals surface area contributed by atoms with Crippen molar-refractivity contribution < 1.29 is 4.79 Å². The van der Waals surface area contributed by atoms with Crippen LogP contribution in [0.1, 0.15) is 5.69 Å². The number of aromatic amines is 1. The maximum Gasteiger partial charge on any atom is 0.346 e. The van der Waals surface area contributed by atoms with Crippen LogP contribution in [0, 0.1) is 6.92 Å². The summed E-state index contributed by atoms with van der Waals surface area (Å²) in [7, 11) is 0. The van der Waals surface area contributed by atoms with Crippen molar-refractivity contribution >= 4 is 35.0 Å². The third-order valence-corrected chi connectivity index (χ3v) is 3.60. The minimum Gasteiger partial charge on any atom is -0.324 e. The number of anilines is 1. The van der Waals surface area contributed by atoms with Crippen LogP contribution in [-0.4, -0.2) is 21.6 Å². The van der Waals surface area contributed by atoms with Gasteiger partial charge in [0.1, 0.15) is 5.03 Å². The first kappa shape index (κ1) is 14.6. The number of amides is 1. The summed E-state index contributed by atoms with van der Waals surface area (Å²) >= 11 is 7.14. The van der Waals surface area contributed by atoms with Gasteiger partial charge in [-0.1, -0.05) is 35.5 Å². The fourth-order valence-corrected chi connectivity index (χ4v) is 2.45. The average Bonchev–Trinajstić information content (AvgIpc) is 2.38. The molecule has 0 saturated carbocycles. The average molecular weight is 310 g/mol. The zero-order valence-electron chi connectivity index (χ0n) is 10.6. The monoisotopic (exact) mass is 309 g/mol. The number of carbonyl (C=O) groups is 1. The molecule has 1 aromatic carbocycles. The lowest BCUT2D eigenvalue weighted by Crippen LogP contribution is -2.16. The lowest BCUT2D eigenvalue weighted by atomic mass is 10.3. The second-order valence-corrected chi connectivity index (χ2v) is 5.43. The summed E-state index contributed by atoms with van der Waals surface area (Å²) in [4.78, 5) is 29.3. The number of hydrogen-bond donors (Lipinski definition) is 2. The first-order chi connectivity index (χ1) is 9.54. The highest BCUT2D eigenvalue weighted by Crippen LogP contribution is 2.21. The molecule has 2 aromatic rings. The molecule has 0 atom stereocenters. The zero-order valence-corrected chi connectivity index (χ0v) is 12.2. The molecule has 1 amide bonds. The van der Waals surface area contributed by atoms with E-state index in [1.165, 1.54) is 11.8 Å². The summed E-state index contributed by atoms with van der Waals surface area (Å²) in [6.07, 6.45) is 0. The van der Waals surface area contributed by atoms with Crippen molar-refractivity contribution in [3.63, 3.8) is 0 Å². The Labute approximate surface area is 124 Å². The molecule has 0 fully saturated rings. The van der Waals surface area contributed by atoms with Crippen molar-refractivity contribution in [1.29, 1.82) is 0 Å². The van der Waals surface area contributed by atoms with Gasteiger partial charge in [0.2, 0.25) is 5.91 Å². The highest BCUT2D eigenvalue weighted by molar-refractivity contribution is 7.99. The molecule has 5 nitrogen and oxygen atoms in total. The maximum atomic E-state index is 11.8. The standard InChI is InChI=1S/C13H12ClN3O2S/c1-8-6-12(17-13(19)15-8)20-7-11(18)16-10-5-3-2-4-9(10)14/h2-6H,7H2,1H3,(H,16,18)(H,15,17,19). The van der Waals surface area contributed by atoms with Gasteiger partial charge in [-0.25, -0.2) is 4.79 Å². The highest BCUT2D eigenvalue weighted by atomic mass is 35.5. The number of H-pyrrole nitrogens is 1. The third-order valence-electron chi connectivity index (χ3n) is 2.35.